The molecule has 1 aliphatic rings. The fraction of sp³-hybridized carbons (Fsp3) is 0.250. The van der Waals surface area contributed by atoms with E-state index in [1.807, 2.05) is 12.2 Å². The summed E-state index contributed by atoms with van der Waals surface area (Å²) in [6.45, 7) is 0.723. The van der Waals surface area contributed by atoms with Gasteiger partial charge >= 0.3 is 0 Å². The van der Waals surface area contributed by atoms with E-state index >= 15 is 0 Å². The second-order valence-electron chi connectivity index (χ2n) is 1.02. The molecule has 0 aromatic rings. The Kier molecular flexibility index (Phi) is 1.27. The van der Waals surface area contributed by atoms with Crippen LogP contribution in [-0.4, -0.2) is 6.61 Å². The number of hydrogen-bond acceptors (Lipinski definition) is 1. The van der Waals surface area contributed by atoms with Crippen molar-refractivity contribution in [2.24, 2.45) is 0 Å². The van der Waals surface area contributed by atoms with E-state index in [-0.39, 0.29) is 0 Å². The molecule has 0 saturated heterocycles. The van der Waals surface area contributed by atoms with Crippen LogP contribution in [0.4, 0.5) is 0 Å². The van der Waals surface area contributed by atoms with E-state index in [4.69, 9.17) is 4.74 Å². The predicted octanol–water partition coefficient (Wildman–Crippen LogP) is 1.46. The van der Waals surface area contributed by atoms with Crippen LogP contribution < -0.4 is 0 Å². The quantitative estimate of drug-likeness (QED) is 0.505. The lowest BCUT2D eigenvalue weighted by atomic mass is 10.6. The Bertz CT molecular complexity index is 69.9. The molecule has 0 amide bonds. The van der Waals surface area contributed by atoms with Gasteiger partial charge in [0.15, 0.2) is 5.01 Å². The first-order valence-electron chi connectivity index (χ1n) is 1.71. The molecule has 33 valence electrons. The average Bonchev–Trinajstić information content (AvgIpc) is 1.86. The van der Waals surface area contributed by atoms with E-state index in [9.17, 15) is 0 Å². The van der Waals surface area contributed by atoms with Crippen molar-refractivity contribution in [3.63, 3.8) is 0 Å². The lowest BCUT2D eigenvalue weighted by Gasteiger charge is -1.89. The monoisotopic (exact) mass is 147 g/mol. The molecule has 1 aliphatic heterocycles. The Labute approximate surface area is 45.1 Å². The molecule has 1 radical (unpaired) electrons. The van der Waals surface area contributed by atoms with E-state index < -0.39 is 0 Å². The van der Waals surface area contributed by atoms with Crippen LogP contribution in [0.15, 0.2) is 12.2 Å². The summed E-state index contributed by atoms with van der Waals surface area (Å²) in [5.41, 5.74) is 0. The fourth-order valence-electron chi connectivity index (χ4n) is 0.317. The van der Waals surface area contributed by atoms with Gasteiger partial charge in [0.25, 0.3) is 0 Å². The van der Waals surface area contributed by atoms with E-state index in [0.717, 1.165) is 11.6 Å². The molecule has 0 atom stereocenters. The summed E-state index contributed by atoms with van der Waals surface area (Å²) >= 11 is 3.15. The summed E-state index contributed by atoms with van der Waals surface area (Å²) in [4.78, 5) is 0. The number of rotatable bonds is 0. The molecular weight excluding hydrogens is 144 g/mol. The van der Waals surface area contributed by atoms with Gasteiger partial charge in [0, 0.05) is 0 Å². The van der Waals surface area contributed by atoms with Gasteiger partial charge in [-0.15, -0.1) is 0 Å². The summed E-state index contributed by atoms with van der Waals surface area (Å²) in [5.74, 6) is 0. The lowest BCUT2D eigenvalue weighted by molar-refractivity contribution is 0.258. The zero-order valence-electron chi connectivity index (χ0n) is 3.15. The predicted molar refractivity (Wildman–Crippen MR) is 27.3 cm³/mol. The largest absolute Gasteiger partial charge is 0.352 e. The third-order valence-electron chi connectivity index (χ3n) is 0.566. The van der Waals surface area contributed by atoms with Gasteiger partial charge in [-0.1, -0.05) is 6.08 Å². The molecule has 0 saturated carbocycles. The van der Waals surface area contributed by atoms with Crippen molar-refractivity contribution in [3.05, 3.63) is 17.2 Å². The molecule has 0 bridgehead atoms. The molecule has 6 heavy (non-hydrogen) atoms. The van der Waals surface area contributed by atoms with Crippen molar-refractivity contribution in [2.75, 3.05) is 6.61 Å². The SMILES string of the molecule is Br[C]1C=CCO1. The number of hydrogen-bond donors (Lipinski definition) is 0. The second-order valence-corrected chi connectivity index (χ2v) is 1.80. The first kappa shape index (κ1) is 4.34. The summed E-state index contributed by atoms with van der Waals surface area (Å²) in [7, 11) is 0. The molecule has 1 nitrogen and oxygen atoms in total. The number of halogens is 1. The molecule has 1 heterocycles. The summed E-state index contributed by atoms with van der Waals surface area (Å²) in [6.07, 6.45) is 3.84. The molecule has 0 unspecified atom stereocenters. The molecule has 2 heteroatoms. The molecule has 0 fully saturated rings. The van der Waals surface area contributed by atoms with E-state index in [0.29, 0.717) is 0 Å². The van der Waals surface area contributed by atoms with Crippen molar-refractivity contribution in [1.29, 1.82) is 0 Å². The van der Waals surface area contributed by atoms with Crippen molar-refractivity contribution in [3.8, 4) is 0 Å². The van der Waals surface area contributed by atoms with E-state index in [1.165, 1.54) is 0 Å². The third-order valence-corrected chi connectivity index (χ3v) is 1.06. The average molecular weight is 148 g/mol. The van der Waals surface area contributed by atoms with Crippen LogP contribution in [0.1, 0.15) is 0 Å². The van der Waals surface area contributed by atoms with Crippen LogP contribution in [0.2, 0.25) is 0 Å². The first-order chi connectivity index (χ1) is 2.89. The van der Waals surface area contributed by atoms with Gasteiger partial charge in [-0.05, 0) is 22.0 Å². The van der Waals surface area contributed by atoms with E-state index in [2.05, 4.69) is 15.9 Å². The molecule has 0 aromatic heterocycles. The Hall–Kier alpha value is 0.180. The van der Waals surface area contributed by atoms with Crippen LogP contribution in [-0.2, 0) is 4.74 Å². The van der Waals surface area contributed by atoms with E-state index in [1.54, 1.807) is 0 Å². The van der Waals surface area contributed by atoms with Crippen molar-refractivity contribution >= 4 is 15.9 Å². The van der Waals surface area contributed by atoms with Crippen LogP contribution in [0.5, 0.6) is 0 Å². The highest BCUT2D eigenvalue weighted by Gasteiger charge is 2.02. The van der Waals surface area contributed by atoms with Crippen molar-refractivity contribution in [1.82, 2.24) is 0 Å². The Morgan fingerprint density at radius 3 is 2.83 bits per heavy atom. The van der Waals surface area contributed by atoms with Gasteiger partial charge in [-0.3, -0.25) is 0 Å². The third kappa shape index (κ3) is 0.820. The molecule has 0 N–H and O–H groups in total. The van der Waals surface area contributed by atoms with Crippen LogP contribution in [0.25, 0.3) is 0 Å². The minimum absolute atomic E-state index is 0.723. The molecule has 0 aromatic carbocycles. The van der Waals surface area contributed by atoms with Gasteiger partial charge in [-0.2, -0.15) is 0 Å². The van der Waals surface area contributed by atoms with Gasteiger partial charge in [0.05, 0.1) is 6.61 Å². The Balaban J connectivity index is 2.38. The van der Waals surface area contributed by atoms with Crippen molar-refractivity contribution in [2.45, 2.75) is 0 Å². The summed E-state index contributed by atoms with van der Waals surface area (Å²) in [5, 5.41) is 0.836. The second kappa shape index (κ2) is 1.76. The summed E-state index contributed by atoms with van der Waals surface area (Å²) < 4.78 is 4.88. The van der Waals surface area contributed by atoms with Gasteiger partial charge in [0.1, 0.15) is 0 Å². The number of ether oxygens (including phenoxy) is 1. The highest BCUT2D eigenvalue weighted by molar-refractivity contribution is 9.11. The zero-order chi connectivity index (χ0) is 4.41. The van der Waals surface area contributed by atoms with Gasteiger partial charge < -0.3 is 4.74 Å². The minimum atomic E-state index is 0.723. The smallest absolute Gasteiger partial charge is 0.184 e. The topological polar surface area (TPSA) is 9.23 Å². The zero-order valence-corrected chi connectivity index (χ0v) is 4.73. The molecule has 1 rings (SSSR count). The fourth-order valence-corrected chi connectivity index (χ4v) is 0.636. The minimum Gasteiger partial charge on any atom is -0.352 e. The normalized spacial score (nSPS) is 22.8. The standard InChI is InChI=1S/C4H4BrO/c5-4-2-1-3-6-4/h1-2H,3H2. The highest BCUT2D eigenvalue weighted by atomic mass is 79.9. The molecule has 0 aliphatic carbocycles. The van der Waals surface area contributed by atoms with Crippen LogP contribution >= 0.6 is 15.9 Å². The molecule has 0 spiro atoms. The van der Waals surface area contributed by atoms with Crippen LogP contribution in [0.3, 0.4) is 0 Å². The van der Waals surface area contributed by atoms with Crippen LogP contribution in [0, 0.1) is 5.01 Å². The maximum absolute atomic E-state index is 4.88. The van der Waals surface area contributed by atoms with Gasteiger partial charge in [0.2, 0.25) is 0 Å². The summed E-state index contributed by atoms with van der Waals surface area (Å²) in [6, 6.07) is 0. The highest BCUT2D eigenvalue weighted by Crippen LogP contribution is 2.17. The van der Waals surface area contributed by atoms with Gasteiger partial charge in [-0.25, -0.2) is 0 Å². The lowest BCUT2D eigenvalue weighted by Crippen LogP contribution is -1.79. The Morgan fingerprint density at radius 1 is 1.83 bits per heavy atom. The molecular formula is C4H4BrO. The Morgan fingerprint density at radius 2 is 2.67 bits per heavy atom. The maximum atomic E-state index is 4.88. The first-order valence-corrected chi connectivity index (χ1v) is 2.51. The van der Waals surface area contributed by atoms with Crippen molar-refractivity contribution < 1.29 is 4.74 Å². The maximum Gasteiger partial charge on any atom is 0.184 e.